The number of rotatable bonds is 0. The van der Waals surface area contributed by atoms with E-state index in [0.29, 0.717) is 5.75 Å². The van der Waals surface area contributed by atoms with Crippen LogP contribution < -0.4 is 0 Å². The number of aromatic hydroxyl groups is 1. The highest BCUT2D eigenvalue weighted by Crippen LogP contribution is 2.27. The van der Waals surface area contributed by atoms with Crippen LogP contribution >= 0.6 is 22.6 Å². The van der Waals surface area contributed by atoms with Crippen molar-refractivity contribution in [1.82, 2.24) is 0 Å². The molecule has 0 saturated heterocycles. The molecule has 2 heteroatoms. The van der Waals surface area contributed by atoms with E-state index in [-0.39, 0.29) is 0 Å². The fraction of sp³-hybridized carbons (Fsp3) is 0.333. The minimum absolute atomic E-state index is 0.403. The number of hydrogen-bond donors (Lipinski definition) is 1. The lowest BCUT2D eigenvalue weighted by atomic mass is 10.1. The van der Waals surface area contributed by atoms with Crippen molar-refractivity contribution in [3.63, 3.8) is 0 Å². The maximum Gasteiger partial charge on any atom is 0.119 e. The molecule has 0 unspecified atom stereocenters. The molecule has 0 spiro atoms. The van der Waals surface area contributed by atoms with E-state index >= 15 is 0 Å². The van der Waals surface area contributed by atoms with E-state index in [1.165, 1.54) is 9.13 Å². The predicted octanol–water partition coefficient (Wildman–Crippen LogP) is 2.92. The number of aryl methyl sites for hydroxylation is 1. The number of phenolic OH excluding ortho intramolecular Hbond substituents is 1. The van der Waals surface area contributed by atoms with Gasteiger partial charge in [-0.25, -0.2) is 0 Å². The molecule has 11 heavy (non-hydrogen) atoms. The highest BCUT2D eigenvalue weighted by molar-refractivity contribution is 14.1. The Morgan fingerprint density at radius 2 is 1.73 bits per heavy atom. The maximum atomic E-state index is 9.40. The van der Waals surface area contributed by atoms with Crippen molar-refractivity contribution < 1.29 is 5.11 Å². The topological polar surface area (TPSA) is 20.2 Å². The monoisotopic (exact) mass is 262 g/mol. The molecule has 0 aromatic heterocycles. The third kappa shape index (κ3) is 1.50. The Morgan fingerprint density at radius 1 is 1.18 bits per heavy atom. The van der Waals surface area contributed by atoms with Crippen LogP contribution in [0.5, 0.6) is 5.75 Å². The summed E-state index contributed by atoms with van der Waals surface area (Å²) in [6.45, 7) is 5.98. The van der Waals surface area contributed by atoms with E-state index in [1.807, 2.05) is 26.8 Å². The standard InChI is InChI=1S/C9H11IO/c1-5-4-8(11)6(2)7(3)9(5)10/h4,11H,1-3H3. The molecule has 0 fully saturated rings. The molecular formula is C9H11IO. The van der Waals surface area contributed by atoms with Gasteiger partial charge in [-0.15, -0.1) is 0 Å². The predicted molar refractivity (Wildman–Crippen MR) is 55.0 cm³/mol. The molecule has 1 aromatic carbocycles. The lowest BCUT2D eigenvalue weighted by molar-refractivity contribution is 0.470. The first-order valence-corrected chi connectivity index (χ1v) is 4.57. The van der Waals surface area contributed by atoms with Gasteiger partial charge in [0.2, 0.25) is 0 Å². The molecule has 0 aliphatic heterocycles. The van der Waals surface area contributed by atoms with Gasteiger partial charge in [-0.05, 0) is 66.1 Å². The van der Waals surface area contributed by atoms with E-state index in [4.69, 9.17) is 0 Å². The molecule has 0 aliphatic carbocycles. The first kappa shape index (κ1) is 8.84. The van der Waals surface area contributed by atoms with Crippen molar-refractivity contribution in [2.24, 2.45) is 0 Å². The van der Waals surface area contributed by atoms with Gasteiger partial charge in [0.1, 0.15) is 5.75 Å². The van der Waals surface area contributed by atoms with Gasteiger partial charge in [-0.1, -0.05) is 0 Å². The molecule has 0 bridgehead atoms. The van der Waals surface area contributed by atoms with Gasteiger partial charge in [-0.2, -0.15) is 0 Å². The molecule has 60 valence electrons. The average Bonchev–Trinajstić information content (AvgIpc) is 1.97. The van der Waals surface area contributed by atoms with E-state index < -0.39 is 0 Å². The van der Waals surface area contributed by atoms with Crippen LogP contribution in [0, 0.1) is 24.3 Å². The van der Waals surface area contributed by atoms with Gasteiger partial charge >= 0.3 is 0 Å². The summed E-state index contributed by atoms with van der Waals surface area (Å²) < 4.78 is 1.25. The Kier molecular flexibility index (Phi) is 2.42. The Morgan fingerprint density at radius 3 is 2.27 bits per heavy atom. The molecule has 0 aliphatic rings. The SMILES string of the molecule is Cc1cc(O)c(C)c(C)c1I. The second-order valence-corrected chi connectivity index (χ2v) is 3.86. The maximum absolute atomic E-state index is 9.40. The normalized spacial score (nSPS) is 10.2. The zero-order valence-electron chi connectivity index (χ0n) is 6.90. The highest BCUT2D eigenvalue weighted by Gasteiger charge is 2.05. The Labute approximate surface area is 80.6 Å². The van der Waals surface area contributed by atoms with Crippen LogP contribution in [0.15, 0.2) is 6.07 Å². The van der Waals surface area contributed by atoms with Gasteiger partial charge in [0.05, 0.1) is 0 Å². The highest BCUT2D eigenvalue weighted by atomic mass is 127. The van der Waals surface area contributed by atoms with Gasteiger partial charge in [0, 0.05) is 3.57 Å². The summed E-state index contributed by atoms with van der Waals surface area (Å²) in [5.74, 6) is 0.403. The van der Waals surface area contributed by atoms with Crippen molar-refractivity contribution in [2.45, 2.75) is 20.8 Å². The van der Waals surface area contributed by atoms with Crippen molar-refractivity contribution in [2.75, 3.05) is 0 Å². The molecule has 0 heterocycles. The number of phenols is 1. The fourth-order valence-corrected chi connectivity index (χ4v) is 1.59. The molecule has 0 atom stereocenters. The molecule has 0 amide bonds. The quantitative estimate of drug-likeness (QED) is 0.713. The number of benzene rings is 1. The molecule has 1 rings (SSSR count). The summed E-state index contributed by atoms with van der Waals surface area (Å²) in [4.78, 5) is 0. The molecule has 1 aromatic rings. The molecule has 1 N–H and O–H groups in total. The minimum Gasteiger partial charge on any atom is -0.508 e. The van der Waals surface area contributed by atoms with E-state index in [0.717, 1.165) is 11.1 Å². The fourth-order valence-electron chi connectivity index (χ4n) is 1.03. The van der Waals surface area contributed by atoms with Crippen LogP contribution in [-0.4, -0.2) is 5.11 Å². The van der Waals surface area contributed by atoms with Gasteiger partial charge < -0.3 is 5.11 Å². The average molecular weight is 262 g/mol. The number of hydrogen-bond acceptors (Lipinski definition) is 1. The molecular weight excluding hydrogens is 251 g/mol. The summed E-state index contributed by atoms with van der Waals surface area (Å²) in [7, 11) is 0. The Hall–Kier alpha value is -0.250. The Balaban J connectivity index is 3.46. The second-order valence-electron chi connectivity index (χ2n) is 2.78. The van der Waals surface area contributed by atoms with E-state index in [1.54, 1.807) is 0 Å². The third-order valence-electron chi connectivity index (χ3n) is 1.98. The second kappa shape index (κ2) is 3.01. The van der Waals surface area contributed by atoms with Crippen molar-refractivity contribution >= 4 is 22.6 Å². The largest absolute Gasteiger partial charge is 0.508 e. The molecule has 0 saturated carbocycles. The van der Waals surface area contributed by atoms with Crippen LogP contribution in [0.4, 0.5) is 0 Å². The van der Waals surface area contributed by atoms with Crippen LogP contribution in [-0.2, 0) is 0 Å². The minimum atomic E-state index is 0.403. The van der Waals surface area contributed by atoms with Gasteiger partial charge in [0.25, 0.3) is 0 Å². The summed E-state index contributed by atoms with van der Waals surface area (Å²) in [6.07, 6.45) is 0. The number of halogens is 1. The summed E-state index contributed by atoms with van der Waals surface area (Å²) in [6, 6.07) is 1.81. The zero-order chi connectivity index (χ0) is 8.59. The van der Waals surface area contributed by atoms with Crippen LogP contribution in [0.3, 0.4) is 0 Å². The van der Waals surface area contributed by atoms with Crippen LogP contribution in [0.1, 0.15) is 16.7 Å². The summed E-state index contributed by atoms with van der Waals surface area (Å²) in [5.41, 5.74) is 3.31. The van der Waals surface area contributed by atoms with Crippen molar-refractivity contribution in [1.29, 1.82) is 0 Å². The Bertz CT molecular complexity index is 266. The lowest BCUT2D eigenvalue weighted by Gasteiger charge is -2.07. The van der Waals surface area contributed by atoms with Crippen molar-refractivity contribution in [3.8, 4) is 5.75 Å². The van der Waals surface area contributed by atoms with Crippen molar-refractivity contribution in [3.05, 3.63) is 26.3 Å². The first-order valence-electron chi connectivity index (χ1n) is 3.49. The third-order valence-corrected chi connectivity index (χ3v) is 3.64. The zero-order valence-corrected chi connectivity index (χ0v) is 9.06. The van der Waals surface area contributed by atoms with E-state index in [9.17, 15) is 5.11 Å². The van der Waals surface area contributed by atoms with Gasteiger partial charge in [0.15, 0.2) is 0 Å². The van der Waals surface area contributed by atoms with Crippen LogP contribution in [0.2, 0.25) is 0 Å². The molecule has 1 nitrogen and oxygen atoms in total. The van der Waals surface area contributed by atoms with Gasteiger partial charge in [-0.3, -0.25) is 0 Å². The summed E-state index contributed by atoms with van der Waals surface area (Å²) in [5, 5.41) is 9.40. The van der Waals surface area contributed by atoms with E-state index in [2.05, 4.69) is 22.6 Å². The molecule has 0 radical (unpaired) electrons. The smallest absolute Gasteiger partial charge is 0.119 e. The van der Waals surface area contributed by atoms with Crippen LogP contribution in [0.25, 0.3) is 0 Å². The summed E-state index contributed by atoms with van der Waals surface area (Å²) >= 11 is 2.30. The first-order chi connectivity index (χ1) is 5.04. The lowest BCUT2D eigenvalue weighted by Crippen LogP contribution is -1.90.